The van der Waals surface area contributed by atoms with Crippen molar-refractivity contribution in [2.24, 2.45) is 0 Å². The van der Waals surface area contributed by atoms with Crippen molar-refractivity contribution >= 4 is 46.8 Å². The first-order valence-corrected chi connectivity index (χ1v) is 5.40. The van der Waals surface area contributed by atoms with E-state index in [1.54, 1.807) is 12.1 Å². The number of carboxylic acid groups (broad SMARTS) is 1. The fourth-order valence-corrected chi connectivity index (χ4v) is 1.45. The van der Waals surface area contributed by atoms with Gasteiger partial charge in [-0.25, -0.2) is 0 Å². The van der Waals surface area contributed by atoms with E-state index in [9.17, 15) is 0 Å². The molecule has 0 spiro atoms. The summed E-state index contributed by atoms with van der Waals surface area (Å²) < 4.78 is -1.37. The number of aliphatic carboxylic acids is 1. The summed E-state index contributed by atoms with van der Waals surface area (Å²) in [5, 5.41) is 7.42. The molecule has 0 atom stereocenters. The second-order valence-electron chi connectivity index (χ2n) is 2.81. The molecule has 0 saturated heterocycles. The van der Waals surface area contributed by atoms with Gasteiger partial charge in [-0.05, 0) is 5.56 Å². The predicted octanol–water partition coefficient (Wildman–Crippen LogP) is 4.25. The molecule has 0 aliphatic heterocycles. The third-order valence-corrected chi connectivity index (χ3v) is 2.10. The number of halogens is 3. The van der Waals surface area contributed by atoms with Crippen LogP contribution in [-0.4, -0.2) is 11.1 Å². The molecule has 0 unspecified atom stereocenters. The average molecular weight is 282 g/mol. The van der Waals surface area contributed by atoms with E-state index in [2.05, 4.69) is 6.58 Å². The van der Waals surface area contributed by atoms with Crippen molar-refractivity contribution < 1.29 is 9.90 Å². The zero-order valence-electron chi connectivity index (χ0n) is 8.58. The topological polar surface area (TPSA) is 37.3 Å². The van der Waals surface area contributed by atoms with Gasteiger partial charge in [0.1, 0.15) is 0 Å². The largest absolute Gasteiger partial charge is 0.481 e. The lowest BCUT2D eigenvalue weighted by molar-refractivity contribution is -0.134. The van der Waals surface area contributed by atoms with Gasteiger partial charge in [0.2, 0.25) is 3.79 Å². The van der Waals surface area contributed by atoms with Crippen LogP contribution in [0.25, 0.3) is 6.08 Å². The van der Waals surface area contributed by atoms with Crippen LogP contribution in [0.2, 0.25) is 0 Å². The van der Waals surface area contributed by atoms with Crippen LogP contribution >= 0.6 is 34.8 Å². The molecule has 0 fully saturated rings. The predicted molar refractivity (Wildman–Crippen MR) is 69.1 cm³/mol. The van der Waals surface area contributed by atoms with Crippen LogP contribution in [0.1, 0.15) is 18.1 Å². The zero-order valence-corrected chi connectivity index (χ0v) is 10.9. The summed E-state index contributed by atoms with van der Waals surface area (Å²) in [5.74, 6) is -0.833. The Bertz CT molecular complexity index is 366. The Kier molecular flexibility index (Phi) is 6.49. The quantitative estimate of drug-likeness (QED) is 0.782. The SMILES string of the molecule is C=Cc1ccccc1C(Cl)(Cl)Cl.CC(=O)O. The molecule has 0 radical (unpaired) electrons. The van der Waals surface area contributed by atoms with Crippen LogP contribution in [0.4, 0.5) is 0 Å². The van der Waals surface area contributed by atoms with Crippen LogP contribution in [-0.2, 0) is 8.59 Å². The van der Waals surface area contributed by atoms with Crippen molar-refractivity contribution in [3.8, 4) is 0 Å². The molecule has 0 aliphatic carbocycles. The molecule has 0 heterocycles. The summed E-state index contributed by atoms with van der Waals surface area (Å²) in [6, 6.07) is 7.31. The lowest BCUT2D eigenvalue weighted by atomic mass is 10.1. The summed E-state index contributed by atoms with van der Waals surface area (Å²) in [6.45, 7) is 4.71. The molecule has 0 bridgehead atoms. The van der Waals surface area contributed by atoms with Gasteiger partial charge in [-0.1, -0.05) is 71.7 Å². The molecule has 2 nitrogen and oxygen atoms in total. The Balaban J connectivity index is 0.000000487. The highest BCUT2D eigenvalue weighted by Gasteiger charge is 2.24. The molecule has 1 aromatic rings. The van der Waals surface area contributed by atoms with Gasteiger partial charge in [0.05, 0.1) is 0 Å². The zero-order chi connectivity index (χ0) is 12.8. The minimum Gasteiger partial charge on any atom is -0.481 e. The summed E-state index contributed by atoms with van der Waals surface area (Å²) in [6.07, 6.45) is 1.66. The lowest BCUT2D eigenvalue weighted by Gasteiger charge is -2.13. The second-order valence-corrected chi connectivity index (χ2v) is 5.09. The molecule has 0 aliphatic rings. The van der Waals surface area contributed by atoms with Crippen LogP contribution in [0.15, 0.2) is 30.8 Å². The minimum atomic E-state index is -1.37. The highest BCUT2D eigenvalue weighted by atomic mass is 35.6. The Morgan fingerprint density at radius 2 is 1.81 bits per heavy atom. The fraction of sp³-hybridized carbons (Fsp3) is 0.182. The van der Waals surface area contributed by atoms with E-state index < -0.39 is 9.76 Å². The fourth-order valence-electron chi connectivity index (χ4n) is 0.933. The summed E-state index contributed by atoms with van der Waals surface area (Å²) >= 11 is 17.2. The van der Waals surface area contributed by atoms with E-state index >= 15 is 0 Å². The highest BCUT2D eigenvalue weighted by Crippen LogP contribution is 2.40. The van der Waals surface area contributed by atoms with Crippen LogP contribution in [0, 0.1) is 0 Å². The second kappa shape index (κ2) is 6.79. The maximum atomic E-state index is 9.00. The molecule has 1 N–H and O–H groups in total. The Hall–Kier alpha value is -0.700. The smallest absolute Gasteiger partial charge is 0.300 e. The van der Waals surface area contributed by atoms with Crippen molar-refractivity contribution in [3.05, 3.63) is 42.0 Å². The van der Waals surface area contributed by atoms with Gasteiger partial charge >= 0.3 is 0 Å². The van der Waals surface area contributed by atoms with E-state index in [1.807, 2.05) is 18.2 Å². The number of rotatable bonds is 1. The summed E-state index contributed by atoms with van der Waals surface area (Å²) in [4.78, 5) is 9.00. The van der Waals surface area contributed by atoms with Crippen molar-refractivity contribution in [2.75, 3.05) is 0 Å². The molecule has 5 heteroatoms. The number of hydrogen-bond acceptors (Lipinski definition) is 1. The Labute approximate surface area is 109 Å². The molecule has 0 saturated carbocycles. The number of hydrogen-bond donors (Lipinski definition) is 1. The normalized spacial score (nSPS) is 10.0. The van der Waals surface area contributed by atoms with Gasteiger partial charge in [-0.15, -0.1) is 0 Å². The van der Waals surface area contributed by atoms with Gasteiger partial charge in [0.25, 0.3) is 5.97 Å². The Morgan fingerprint density at radius 1 is 1.38 bits per heavy atom. The highest BCUT2D eigenvalue weighted by molar-refractivity contribution is 6.66. The van der Waals surface area contributed by atoms with Crippen LogP contribution < -0.4 is 0 Å². The van der Waals surface area contributed by atoms with Gasteiger partial charge < -0.3 is 5.11 Å². The molecule has 0 aromatic heterocycles. The first kappa shape index (κ1) is 15.3. The minimum absolute atomic E-state index is 0.657. The lowest BCUT2D eigenvalue weighted by Crippen LogP contribution is -2.01. The number of alkyl halides is 3. The van der Waals surface area contributed by atoms with Crippen molar-refractivity contribution in [1.82, 2.24) is 0 Å². The van der Waals surface area contributed by atoms with Crippen LogP contribution in [0.3, 0.4) is 0 Å². The van der Waals surface area contributed by atoms with Gasteiger partial charge in [-0.2, -0.15) is 0 Å². The molecule has 88 valence electrons. The van der Waals surface area contributed by atoms with E-state index in [0.29, 0.717) is 5.56 Å². The third kappa shape index (κ3) is 6.01. The van der Waals surface area contributed by atoms with Crippen LogP contribution in [0.5, 0.6) is 0 Å². The first-order chi connectivity index (χ1) is 7.29. The monoisotopic (exact) mass is 280 g/mol. The third-order valence-electron chi connectivity index (χ3n) is 1.49. The number of carbonyl (C=O) groups is 1. The molecule has 1 rings (SSSR count). The van der Waals surface area contributed by atoms with Crippen molar-refractivity contribution in [2.45, 2.75) is 10.7 Å². The van der Waals surface area contributed by atoms with Gasteiger partial charge in [-0.3, -0.25) is 4.79 Å². The molecular weight excluding hydrogens is 270 g/mol. The number of benzene rings is 1. The number of carboxylic acids is 1. The maximum Gasteiger partial charge on any atom is 0.300 e. The van der Waals surface area contributed by atoms with Gasteiger partial charge in [0, 0.05) is 12.5 Å². The van der Waals surface area contributed by atoms with Crippen molar-refractivity contribution in [3.63, 3.8) is 0 Å². The van der Waals surface area contributed by atoms with E-state index in [4.69, 9.17) is 44.7 Å². The average Bonchev–Trinajstić information content (AvgIpc) is 2.15. The first-order valence-electron chi connectivity index (χ1n) is 4.27. The summed E-state index contributed by atoms with van der Waals surface area (Å²) in [7, 11) is 0. The van der Waals surface area contributed by atoms with E-state index in [0.717, 1.165) is 12.5 Å². The molecule has 16 heavy (non-hydrogen) atoms. The standard InChI is InChI=1S/C9H7Cl3.C2H4O2/c1-2-7-5-3-4-6-8(7)9(10,11)12;1-2(3)4/h2-6H,1H2;1H3,(H,3,4). The molecular formula is C11H11Cl3O2. The Morgan fingerprint density at radius 3 is 2.12 bits per heavy atom. The molecule has 1 aromatic carbocycles. The summed E-state index contributed by atoms with van der Waals surface area (Å²) in [5.41, 5.74) is 1.50. The molecule has 0 amide bonds. The van der Waals surface area contributed by atoms with Gasteiger partial charge in [0.15, 0.2) is 0 Å². The van der Waals surface area contributed by atoms with Crippen molar-refractivity contribution in [1.29, 1.82) is 0 Å². The van der Waals surface area contributed by atoms with E-state index in [1.165, 1.54) is 0 Å². The maximum absolute atomic E-state index is 9.00. The van der Waals surface area contributed by atoms with E-state index in [-0.39, 0.29) is 0 Å².